The second-order valence-electron chi connectivity index (χ2n) is 5.97. The quantitative estimate of drug-likeness (QED) is 0.623. The van der Waals surface area contributed by atoms with Crippen molar-refractivity contribution in [2.75, 3.05) is 14.2 Å². The van der Waals surface area contributed by atoms with E-state index in [-0.39, 0.29) is 11.8 Å². The second kappa shape index (κ2) is 7.83. The molecule has 0 spiro atoms. The molecule has 0 bridgehead atoms. The molecule has 2 atom stereocenters. The molecule has 0 N–H and O–H groups in total. The van der Waals surface area contributed by atoms with E-state index in [1.54, 1.807) is 0 Å². The molecular weight excluding hydrogens is 328 g/mol. The molecule has 4 heteroatoms. The van der Waals surface area contributed by atoms with Crippen molar-refractivity contribution in [1.82, 2.24) is 0 Å². The Morgan fingerprint density at radius 3 is 1.31 bits per heavy atom. The van der Waals surface area contributed by atoms with Gasteiger partial charge in [-0.15, -0.1) is 0 Å². The lowest BCUT2D eigenvalue weighted by Crippen LogP contribution is -2.25. The number of benzene rings is 2. The van der Waals surface area contributed by atoms with E-state index in [0.29, 0.717) is 11.1 Å². The van der Waals surface area contributed by atoms with E-state index < -0.39 is 11.9 Å². The predicted molar refractivity (Wildman–Crippen MR) is 98.6 cm³/mol. The Labute approximate surface area is 152 Å². The average molecular weight is 348 g/mol. The van der Waals surface area contributed by atoms with Crippen LogP contribution in [-0.2, 0) is 19.1 Å². The fourth-order valence-corrected chi connectivity index (χ4v) is 3.32. The number of allylic oxidation sites excluding steroid dienone is 2. The summed E-state index contributed by atoms with van der Waals surface area (Å²) in [6, 6.07) is 19.1. The molecule has 1 aliphatic carbocycles. The molecular formula is C22H20O4. The van der Waals surface area contributed by atoms with Crippen LogP contribution < -0.4 is 0 Å². The van der Waals surface area contributed by atoms with Crippen molar-refractivity contribution in [2.24, 2.45) is 0 Å². The number of methoxy groups -OCH3 is 2. The van der Waals surface area contributed by atoms with Crippen molar-refractivity contribution in [1.29, 1.82) is 0 Å². The maximum absolute atomic E-state index is 12.6. The minimum Gasteiger partial charge on any atom is -0.466 e. The third-order valence-electron chi connectivity index (χ3n) is 4.54. The smallest absolute Gasteiger partial charge is 0.335 e. The summed E-state index contributed by atoms with van der Waals surface area (Å²) in [4.78, 5) is 25.3. The summed E-state index contributed by atoms with van der Waals surface area (Å²) in [6.07, 6.45) is 3.90. The van der Waals surface area contributed by atoms with E-state index in [4.69, 9.17) is 9.47 Å². The molecule has 0 amide bonds. The van der Waals surface area contributed by atoms with Gasteiger partial charge in [0, 0.05) is 11.8 Å². The van der Waals surface area contributed by atoms with Crippen molar-refractivity contribution in [2.45, 2.75) is 11.8 Å². The molecule has 0 aliphatic heterocycles. The van der Waals surface area contributed by atoms with Crippen LogP contribution in [0.1, 0.15) is 23.0 Å². The molecule has 0 heterocycles. The Bertz CT molecular complexity index is 779. The van der Waals surface area contributed by atoms with Gasteiger partial charge in [-0.25, -0.2) is 9.59 Å². The van der Waals surface area contributed by atoms with Gasteiger partial charge in [-0.3, -0.25) is 0 Å². The Kier molecular flexibility index (Phi) is 5.32. The van der Waals surface area contributed by atoms with E-state index in [0.717, 1.165) is 11.1 Å². The first-order chi connectivity index (χ1) is 12.7. The average Bonchev–Trinajstić information content (AvgIpc) is 2.72. The first-order valence-corrected chi connectivity index (χ1v) is 8.36. The van der Waals surface area contributed by atoms with Crippen molar-refractivity contribution in [3.8, 4) is 0 Å². The van der Waals surface area contributed by atoms with Crippen LogP contribution in [0.15, 0.2) is 84.0 Å². The summed E-state index contributed by atoms with van der Waals surface area (Å²) in [6.45, 7) is 0. The lowest BCUT2D eigenvalue weighted by molar-refractivity contribution is -0.139. The maximum Gasteiger partial charge on any atom is 0.335 e. The Morgan fingerprint density at radius 1 is 0.654 bits per heavy atom. The van der Waals surface area contributed by atoms with Crippen LogP contribution in [0.4, 0.5) is 0 Å². The van der Waals surface area contributed by atoms with Crippen LogP contribution in [0.5, 0.6) is 0 Å². The van der Waals surface area contributed by atoms with Gasteiger partial charge in [0.25, 0.3) is 0 Å². The topological polar surface area (TPSA) is 52.6 Å². The summed E-state index contributed by atoms with van der Waals surface area (Å²) >= 11 is 0. The first-order valence-electron chi connectivity index (χ1n) is 8.36. The Morgan fingerprint density at radius 2 is 1.00 bits per heavy atom. The normalized spacial score (nSPS) is 19.2. The van der Waals surface area contributed by atoms with Gasteiger partial charge in [-0.1, -0.05) is 72.8 Å². The van der Waals surface area contributed by atoms with Crippen LogP contribution >= 0.6 is 0 Å². The minimum atomic E-state index is -0.524. The Balaban J connectivity index is 2.21. The van der Waals surface area contributed by atoms with Gasteiger partial charge in [-0.05, 0) is 11.1 Å². The molecule has 0 saturated heterocycles. The van der Waals surface area contributed by atoms with E-state index in [1.165, 1.54) is 14.2 Å². The molecule has 0 radical (unpaired) electrons. The fourth-order valence-electron chi connectivity index (χ4n) is 3.32. The highest BCUT2D eigenvalue weighted by Gasteiger charge is 2.36. The van der Waals surface area contributed by atoms with Gasteiger partial charge in [0.05, 0.1) is 25.4 Å². The zero-order chi connectivity index (χ0) is 18.5. The van der Waals surface area contributed by atoms with Crippen LogP contribution in [0, 0.1) is 0 Å². The highest BCUT2D eigenvalue weighted by molar-refractivity contribution is 6.03. The maximum atomic E-state index is 12.6. The first kappa shape index (κ1) is 17.7. The molecule has 1 aliphatic rings. The molecule has 3 rings (SSSR count). The standard InChI is InChI=1S/C22H20O4/c1-25-21(23)19-17(15-9-5-3-6-10-15)13-14-18(20(19)22(24)26-2)16-11-7-4-8-12-16/h3-14,17-18H,1-2H3. The number of carbonyl (C=O) groups is 2. The molecule has 2 aromatic carbocycles. The lowest BCUT2D eigenvalue weighted by Gasteiger charge is -2.28. The van der Waals surface area contributed by atoms with Crippen molar-refractivity contribution < 1.29 is 19.1 Å². The van der Waals surface area contributed by atoms with Gasteiger partial charge in [0.1, 0.15) is 0 Å². The van der Waals surface area contributed by atoms with Crippen LogP contribution in [0.2, 0.25) is 0 Å². The van der Waals surface area contributed by atoms with Crippen molar-refractivity contribution in [3.05, 3.63) is 95.1 Å². The number of carbonyl (C=O) groups excluding carboxylic acids is 2. The molecule has 26 heavy (non-hydrogen) atoms. The van der Waals surface area contributed by atoms with E-state index >= 15 is 0 Å². The second-order valence-corrected chi connectivity index (χ2v) is 5.97. The number of hydrogen-bond donors (Lipinski definition) is 0. The van der Waals surface area contributed by atoms with Crippen LogP contribution in [-0.4, -0.2) is 26.2 Å². The summed E-state index contributed by atoms with van der Waals surface area (Å²) in [5.41, 5.74) is 2.47. The molecule has 132 valence electrons. The fraction of sp³-hybridized carbons (Fsp3) is 0.182. The van der Waals surface area contributed by atoms with Gasteiger partial charge in [-0.2, -0.15) is 0 Å². The highest BCUT2D eigenvalue weighted by atomic mass is 16.5. The third kappa shape index (κ3) is 3.31. The van der Waals surface area contributed by atoms with Crippen LogP contribution in [0.3, 0.4) is 0 Å². The molecule has 2 aromatic rings. The molecule has 4 nitrogen and oxygen atoms in total. The predicted octanol–water partition coefficient (Wildman–Crippen LogP) is 3.77. The minimum absolute atomic E-state index is 0.321. The van der Waals surface area contributed by atoms with Gasteiger partial charge in [0.2, 0.25) is 0 Å². The summed E-state index contributed by atoms with van der Waals surface area (Å²) in [7, 11) is 2.64. The summed E-state index contributed by atoms with van der Waals surface area (Å²) < 4.78 is 10.0. The number of rotatable bonds is 4. The summed E-state index contributed by atoms with van der Waals surface area (Å²) in [5.74, 6) is -1.77. The zero-order valence-electron chi connectivity index (χ0n) is 14.7. The lowest BCUT2D eigenvalue weighted by atomic mass is 9.76. The van der Waals surface area contributed by atoms with Crippen molar-refractivity contribution in [3.63, 3.8) is 0 Å². The van der Waals surface area contributed by atoms with Gasteiger partial charge >= 0.3 is 11.9 Å². The number of esters is 2. The zero-order valence-corrected chi connectivity index (χ0v) is 14.7. The monoisotopic (exact) mass is 348 g/mol. The molecule has 2 unspecified atom stereocenters. The van der Waals surface area contributed by atoms with Gasteiger partial charge < -0.3 is 9.47 Å². The third-order valence-corrected chi connectivity index (χ3v) is 4.54. The van der Waals surface area contributed by atoms with Crippen LogP contribution in [0.25, 0.3) is 0 Å². The SMILES string of the molecule is COC(=O)C1=C(C(=O)OC)C(c2ccccc2)C=CC1c1ccccc1. The van der Waals surface area contributed by atoms with E-state index in [2.05, 4.69) is 0 Å². The molecule has 0 saturated carbocycles. The largest absolute Gasteiger partial charge is 0.466 e. The molecule has 0 fully saturated rings. The molecule has 0 aromatic heterocycles. The van der Waals surface area contributed by atoms with E-state index in [9.17, 15) is 9.59 Å². The summed E-state index contributed by atoms with van der Waals surface area (Å²) in [5, 5.41) is 0. The van der Waals surface area contributed by atoms with E-state index in [1.807, 2.05) is 72.8 Å². The Hall–Kier alpha value is -3.14. The highest BCUT2D eigenvalue weighted by Crippen LogP contribution is 2.41. The number of ether oxygens (including phenoxy) is 2. The number of hydrogen-bond acceptors (Lipinski definition) is 4. The van der Waals surface area contributed by atoms with Gasteiger partial charge in [0.15, 0.2) is 0 Å². The van der Waals surface area contributed by atoms with Crippen molar-refractivity contribution >= 4 is 11.9 Å².